The van der Waals surface area contributed by atoms with Gasteiger partial charge in [0.25, 0.3) is 0 Å². The highest BCUT2D eigenvalue weighted by atomic mass is 16.3. The van der Waals surface area contributed by atoms with E-state index in [1.807, 2.05) is 0 Å². The second-order valence-electron chi connectivity index (χ2n) is 6.28. The van der Waals surface area contributed by atoms with Crippen molar-refractivity contribution < 1.29 is 5.11 Å². The fourth-order valence-electron chi connectivity index (χ4n) is 3.74. The molecule has 1 N–H and O–H groups in total. The van der Waals surface area contributed by atoms with E-state index in [0.717, 1.165) is 32.7 Å². The standard InChI is InChI=1S/C15H27N3O/c1-16-11-6-13(7-12-16)14-5-4-10-18(14)15(19)17-8-2-3-9-17/h6,14-15,19H,2-5,7-12H2,1H3/t14-,15?/m0/s1. The summed E-state index contributed by atoms with van der Waals surface area (Å²) in [5, 5.41) is 10.6. The summed E-state index contributed by atoms with van der Waals surface area (Å²) in [7, 11) is 2.18. The van der Waals surface area contributed by atoms with Gasteiger partial charge in [0.05, 0.1) is 0 Å². The Hall–Kier alpha value is -0.420. The highest BCUT2D eigenvalue weighted by Crippen LogP contribution is 2.30. The molecule has 0 aromatic carbocycles. The summed E-state index contributed by atoms with van der Waals surface area (Å²) in [6.45, 7) is 5.41. The first kappa shape index (κ1) is 13.6. The van der Waals surface area contributed by atoms with Crippen LogP contribution in [0.1, 0.15) is 32.1 Å². The molecule has 3 rings (SSSR count). The van der Waals surface area contributed by atoms with E-state index in [4.69, 9.17) is 0 Å². The number of rotatable bonds is 3. The van der Waals surface area contributed by atoms with Gasteiger partial charge >= 0.3 is 0 Å². The summed E-state index contributed by atoms with van der Waals surface area (Å²) in [4.78, 5) is 6.94. The minimum Gasteiger partial charge on any atom is -0.365 e. The molecule has 0 aliphatic carbocycles. The SMILES string of the molecule is CN1CC=C([C@@H]2CCCN2C(O)N2CCCC2)CC1. The number of likely N-dealkylation sites (N-methyl/N-ethyl adjacent to an activating group) is 1. The van der Waals surface area contributed by atoms with E-state index in [0.29, 0.717) is 6.04 Å². The first-order valence-corrected chi connectivity index (χ1v) is 7.81. The number of likely N-dealkylation sites (tertiary alicyclic amines) is 2. The Labute approximate surface area is 116 Å². The molecule has 19 heavy (non-hydrogen) atoms. The first-order valence-electron chi connectivity index (χ1n) is 7.81. The molecule has 3 aliphatic rings. The van der Waals surface area contributed by atoms with Crippen LogP contribution in [0.25, 0.3) is 0 Å². The van der Waals surface area contributed by atoms with Crippen LogP contribution in [0.2, 0.25) is 0 Å². The Balaban J connectivity index is 1.67. The quantitative estimate of drug-likeness (QED) is 0.774. The molecule has 4 heteroatoms. The van der Waals surface area contributed by atoms with Crippen molar-refractivity contribution in [1.29, 1.82) is 0 Å². The van der Waals surface area contributed by atoms with Gasteiger partial charge in [-0.1, -0.05) is 11.6 Å². The number of hydrogen-bond acceptors (Lipinski definition) is 4. The lowest BCUT2D eigenvalue weighted by Crippen LogP contribution is -2.50. The van der Waals surface area contributed by atoms with Crippen LogP contribution in [-0.2, 0) is 0 Å². The zero-order valence-corrected chi connectivity index (χ0v) is 12.1. The van der Waals surface area contributed by atoms with Crippen molar-refractivity contribution in [2.75, 3.05) is 39.8 Å². The van der Waals surface area contributed by atoms with Crippen LogP contribution in [0.4, 0.5) is 0 Å². The number of nitrogens with zero attached hydrogens (tertiary/aromatic N) is 3. The van der Waals surface area contributed by atoms with Crippen molar-refractivity contribution in [2.45, 2.75) is 44.5 Å². The Morgan fingerprint density at radius 3 is 2.63 bits per heavy atom. The summed E-state index contributed by atoms with van der Waals surface area (Å²) in [5.74, 6) is 0. The Morgan fingerprint density at radius 1 is 1.16 bits per heavy atom. The zero-order chi connectivity index (χ0) is 13.2. The molecule has 2 fully saturated rings. The minimum absolute atomic E-state index is 0.351. The molecule has 0 aromatic rings. The van der Waals surface area contributed by atoms with Gasteiger partial charge in [-0.3, -0.25) is 9.80 Å². The maximum absolute atomic E-state index is 10.6. The maximum Gasteiger partial charge on any atom is 0.166 e. The van der Waals surface area contributed by atoms with Crippen LogP contribution >= 0.6 is 0 Å². The van der Waals surface area contributed by atoms with E-state index in [1.165, 1.54) is 32.1 Å². The minimum atomic E-state index is -0.351. The molecule has 3 aliphatic heterocycles. The summed E-state index contributed by atoms with van der Waals surface area (Å²) in [5.41, 5.74) is 1.56. The molecule has 0 amide bonds. The second kappa shape index (κ2) is 5.92. The monoisotopic (exact) mass is 265 g/mol. The van der Waals surface area contributed by atoms with Crippen molar-refractivity contribution in [3.63, 3.8) is 0 Å². The molecule has 4 nitrogen and oxygen atoms in total. The number of aliphatic hydroxyl groups excluding tert-OH is 1. The third-order valence-corrected chi connectivity index (χ3v) is 4.93. The molecule has 108 valence electrons. The molecule has 2 atom stereocenters. The van der Waals surface area contributed by atoms with Gasteiger partial charge in [0, 0.05) is 38.8 Å². The molecular formula is C15H27N3O. The van der Waals surface area contributed by atoms with Gasteiger partial charge in [0.1, 0.15) is 0 Å². The highest BCUT2D eigenvalue weighted by Gasteiger charge is 2.35. The van der Waals surface area contributed by atoms with E-state index in [9.17, 15) is 5.11 Å². The Morgan fingerprint density at radius 2 is 1.95 bits per heavy atom. The van der Waals surface area contributed by atoms with Crippen LogP contribution < -0.4 is 0 Å². The van der Waals surface area contributed by atoms with Gasteiger partial charge in [0.2, 0.25) is 0 Å². The fourth-order valence-corrected chi connectivity index (χ4v) is 3.74. The third-order valence-electron chi connectivity index (χ3n) is 4.93. The largest absolute Gasteiger partial charge is 0.365 e. The lowest BCUT2D eigenvalue weighted by Gasteiger charge is -2.37. The van der Waals surface area contributed by atoms with Gasteiger partial charge in [0.15, 0.2) is 6.35 Å². The topological polar surface area (TPSA) is 30.0 Å². The molecule has 1 unspecified atom stereocenters. The lowest BCUT2D eigenvalue weighted by molar-refractivity contribution is -0.104. The molecular weight excluding hydrogens is 238 g/mol. The lowest BCUT2D eigenvalue weighted by atomic mass is 9.98. The molecule has 0 aromatic heterocycles. The fraction of sp³-hybridized carbons (Fsp3) is 0.867. The van der Waals surface area contributed by atoms with E-state index in [-0.39, 0.29) is 6.35 Å². The predicted molar refractivity (Wildman–Crippen MR) is 76.7 cm³/mol. The van der Waals surface area contributed by atoms with Crippen LogP contribution in [0.3, 0.4) is 0 Å². The van der Waals surface area contributed by atoms with Crippen molar-refractivity contribution >= 4 is 0 Å². The molecule has 3 heterocycles. The molecule has 0 radical (unpaired) electrons. The zero-order valence-electron chi connectivity index (χ0n) is 12.1. The maximum atomic E-state index is 10.6. The van der Waals surface area contributed by atoms with Crippen molar-refractivity contribution in [3.05, 3.63) is 11.6 Å². The van der Waals surface area contributed by atoms with Crippen LogP contribution in [-0.4, -0.2) is 72.0 Å². The van der Waals surface area contributed by atoms with E-state index >= 15 is 0 Å². The van der Waals surface area contributed by atoms with Gasteiger partial charge in [-0.05, 0) is 39.2 Å². The average Bonchev–Trinajstić information content (AvgIpc) is 3.10. The number of hydrogen-bond donors (Lipinski definition) is 1. The van der Waals surface area contributed by atoms with Crippen molar-refractivity contribution in [1.82, 2.24) is 14.7 Å². The summed E-state index contributed by atoms with van der Waals surface area (Å²) >= 11 is 0. The predicted octanol–water partition coefficient (Wildman–Crippen LogP) is 1.08. The Kier molecular flexibility index (Phi) is 4.22. The van der Waals surface area contributed by atoms with Gasteiger partial charge in [-0.2, -0.15) is 0 Å². The normalized spacial score (nSPS) is 32.7. The van der Waals surface area contributed by atoms with Crippen LogP contribution in [0, 0.1) is 0 Å². The summed E-state index contributed by atoms with van der Waals surface area (Å²) in [6, 6.07) is 0.490. The van der Waals surface area contributed by atoms with E-state index in [1.54, 1.807) is 5.57 Å². The number of aliphatic hydroxyl groups is 1. The summed E-state index contributed by atoms with van der Waals surface area (Å²) in [6.07, 6.45) is 8.14. The smallest absolute Gasteiger partial charge is 0.166 e. The van der Waals surface area contributed by atoms with E-state index in [2.05, 4.69) is 27.8 Å². The Bertz CT molecular complexity index is 338. The molecule has 0 bridgehead atoms. The molecule has 2 saturated heterocycles. The van der Waals surface area contributed by atoms with Crippen LogP contribution in [0.15, 0.2) is 11.6 Å². The second-order valence-corrected chi connectivity index (χ2v) is 6.28. The van der Waals surface area contributed by atoms with Gasteiger partial charge < -0.3 is 10.0 Å². The molecule has 0 spiro atoms. The average molecular weight is 265 g/mol. The third kappa shape index (κ3) is 2.87. The van der Waals surface area contributed by atoms with Gasteiger partial charge in [-0.25, -0.2) is 0 Å². The summed E-state index contributed by atoms with van der Waals surface area (Å²) < 4.78 is 0. The van der Waals surface area contributed by atoms with Crippen molar-refractivity contribution in [3.8, 4) is 0 Å². The molecule has 0 saturated carbocycles. The first-order chi connectivity index (χ1) is 9.25. The highest BCUT2D eigenvalue weighted by molar-refractivity contribution is 5.16. The van der Waals surface area contributed by atoms with Gasteiger partial charge in [-0.15, -0.1) is 0 Å². The van der Waals surface area contributed by atoms with Crippen LogP contribution in [0.5, 0.6) is 0 Å². The van der Waals surface area contributed by atoms with Crippen molar-refractivity contribution in [2.24, 2.45) is 0 Å². The van der Waals surface area contributed by atoms with E-state index < -0.39 is 0 Å².